The Labute approximate surface area is 156 Å². The monoisotopic (exact) mass is 435 g/mol. The Hall–Kier alpha value is -1.63. The fourth-order valence-electron chi connectivity index (χ4n) is 3.42. The molecule has 0 aliphatic heterocycles. The lowest BCUT2D eigenvalue weighted by Gasteiger charge is -2.31. The van der Waals surface area contributed by atoms with Gasteiger partial charge in [0, 0.05) is 39.7 Å². The average Bonchev–Trinajstić information content (AvgIpc) is 2.81. The molecule has 0 spiro atoms. The van der Waals surface area contributed by atoms with Crippen molar-refractivity contribution < 1.29 is 4.79 Å². The summed E-state index contributed by atoms with van der Waals surface area (Å²) in [6, 6.07) is 8.54. The predicted octanol–water partition coefficient (Wildman–Crippen LogP) is 4.59. The number of nitrogens with zero attached hydrogens (tertiary/aromatic N) is 3. The lowest BCUT2D eigenvalue weighted by Crippen LogP contribution is -2.42. The fourth-order valence-corrected chi connectivity index (χ4v) is 4.32. The Balaban J connectivity index is 2.26. The topological polar surface area (TPSA) is 38.1 Å². The van der Waals surface area contributed by atoms with Crippen molar-refractivity contribution in [3.05, 3.63) is 39.6 Å². The number of aromatic nitrogens is 2. The normalized spacial score (nSPS) is 11.8. The van der Waals surface area contributed by atoms with Gasteiger partial charge in [0.25, 0.3) is 5.91 Å². The Kier molecular flexibility index (Phi) is 4.55. The van der Waals surface area contributed by atoms with E-state index in [-0.39, 0.29) is 18.0 Å². The summed E-state index contributed by atoms with van der Waals surface area (Å²) in [5.41, 5.74) is 2.73. The van der Waals surface area contributed by atoms with Gasteiger partial charge < -0.3 is 9.47 Å². The van der Waals surface area contributed by atoms with Crippen molar-refractivity contribution in [3.8, 4) is 0 Å². The molecule has 0 aliphatic carbocycles. The van der Waals surface area contributed by atoms with Crippen LogP contribution in [0.4, 0.5) is 0 Å². The van der Waals surface area contributed by atoms with E-state index in [9.17, 15) is 4.79 Å². The van der Waals surface area contributed by atoms with Gasteiger partial charge in [-0.3, -0.25) is 4.79 Å². The van der Waals surface area contributed by atoms with Crippen molar-refractivity contribution in [3.63, 3.8) is 0 Å². The third-order valence-corrected chi connectivity index (χ3v) is 5.55. The van der Waals surface area contributed by atoms with Crippen LogP contribution in [-0.2, 0) is 7.05 Å². The van der Waals surface area contributed by atoms with Gasteiger partial charge in [-0.1, -0.05) is 18.2 Å². The number of aryl methyl sites for hydroxylation is 1. The van der Waals surface area contributed by atoms with Crippen molar-refractivity contribution >= 4 is 50.4 Å². The van der Waals surface area contributed by atoms with Crippen LogP contribution >= 0.6 is 22.6 Å². The van der Waals surface area contributed by atoms with Crippen LogP contribution < -0.4 is 0 Å². The first kappa shape index (κ1) is 17.2. The Morgan fingerprint density at radius 3 is 2.42 bits per heavy atom. The highest BCUT2D eigenvalue weighted by atomic mass is 127. The quantitative estimate of drug-likeness (QED) is 0.565. The van der Waals surface area contributed by atoms with Gasteiger partial charge in [0.2, 0.25) is 0 Å². The minimum Gasteiger partial charge on any atom is -0.334 e. The molecule has 4 nitrogen and oxygen atoms in total. The minimum absolute atomic E-state index is 0.0479. The Morgan fingerprint density at radius 1 is 1.17 bits per heavy atom. The SMILES string of the molecule is CC(C)N(C(=O)c1cnc2c(c1I)c1ccccc1n2C)C(C)C. The van der Waals surface area contributed by atoms with Crippen molar-refractivity contribution in [2.24, 2.45) is 7.05 Å². The second-order valence-corrected chi connectivity index (χ2v) is 7.74. The molecular formula is C19H22IN3O. The van der Waals surface area contributed by atoms with Crippen molar-refractivity contribution in [2.45, 2.75) is 39.8 Å². The summed E-state index contributed by atoms with van der Waals surface area (Å²) >= 11 is 2.29. The van der Waals surface area contributed by atoms with Crippen molar-refractivity contribution in [1.29, 1.82) is 0 Å². The highest BCUT2D eigenvalue weighted by molar-refractivity contribution is 14.1. The number of hydrogen-bond donors (Lipinski definition) is 0. The molecule has 0 radical (unpaired) electrons. The first-order chi connectivity index (χ1) is 11.3. The molecule has 3 rings (SSSR count). The number of hydrogen-bond acceptors (Lipinski definition) is 2. The molecule has 0 unspecified atom stereocenters. The molecule has 0 aliphatic rings. The van der Waals surface area contributed by atoms with E-state index in [1.807, 2.05) is 24.1 Å². The first-order valence-corrected chi connectivity index (χ1v) is 9.26. The minimum atomic E-state index is 0.0479. The third kappa shape index (κ3) is 2.59. The number of carbonyl (C=O) groups is 1. The van der Waals surface area contributed by atoms with E-state index < -0.39 is 0 Å². The number of amides is 1. The Bertz CT molecular complexity index is 919. The van der Waals surface area contributed by atoms with Crippen LogP contribution in [0.2, 0.25) is 0 Å². The summed E-state index contributed by atoms with van der Waals surface area (Å²) in [4.78, 5) is 19.6. The maximum atomic E-state index is 13.1. The first-order valence-electron chi connectivity index (χ1n) is 8.18. The standard InChI is InChI=1S/C19H22IN3O/c1-11(2)23(12(3)4)19(24)14-10-21-18-16(17(14)20)13-8-6-7-9-15(13)22(18)5/h6-12H,1-5H3. The van der Waals surface area contributed by atoms with Gasteiger partial charge in [-0.15, -0.1) is 0 Å². The van der Waals surface area contributed by atoms with Gasteiger partial charge in [-0.25, -0.2) is 4.98 Å². The summed E-state index contributed by atoms with van der Waals surface area (Å²) < 4.78 is 3.06. The lowest BCUT2D eigenvalue weighted by molar-refractivity contribution is 0.0642. The predicted molar refractivity (Wildman–Crippen MR) is 107 cm³/mol. The van der Waals surface area contributed by atoms with Crippen LogP contribution in [0.1, 0.15) is 38.1 Å². The molecule has 24 heavy (non-hydrogen) atoms. The van der Waals surface area contributed by atoms with Gasteiger partial charge in [-0.05, 0) is 56.4 Å². The number of rotatable bonds is 3. The summed E-state index contributed by atoms with van der Waals surface area (Å²) in [5.74, 6) is 0.0479. The van der Waals surface area contributed by atoms with Crippen LogP contribution in [0.25, 0.3) is 21.9 Å². The molecular weight excluding hydrogens is 413 g/mol. The number of halogens is 1. The zero-order valence-electron chi connectivity index (χ0n) is 14.7. The third-order valence-electron chi connectivity index (χ3n) is 4.43. The maximum Gasteiger partial charge on any atom is 0.256 e. The van der Waals surface area contributed by atoms with Gasteiger partial charge in [-0.2, -0.15) is 0 Å². The van der Waals surface area contributed by atoms with E-state index in [1.165, 1.54) is 0 Å². The van der Waals surface area contributed by atoms with Crippen molar-refractivity contribution in [1.82, 2.24) is 14.5 Å². The molecule has 1 aromatic carbocycles. The van der Waals surface area contributed by atoms with E-state index in [4.69, 9.17) is 0 Å². The zero-order valence-corrected chi connectivity index (χ0v) is 16.8. The van der Waals surface area contributed by atoms with E-state index in [1.54, 1.807) is 6.20 Å². The number of benzene rings is 1. The number of para-hydroxylation sites is 1. The molecule has 0 saturated heterocycles. The van der Waals surface area contributed by atoms with Gasteiger partial charge in [0.1, 0.15) is 5.65 Å². The highest BCUT2D eigenvalue weighted by Gasteiger charge is 2.25. The summed E-state index contributed by atoms with van der Waals surface area (Å²) in [6.45, 7) is 8.20. The molecule has 0 saturated carbocycles. The molecule has 126 valence electrons. The second-order valence-electron chi connectivity index (χ2n) is 6.66. The number of carbonyl (C=O) groups excluding carboxylic acids is 1. The molecule has 3 aromatic rings. The second kappa shape index (κ2) is 6.35. The van der Waals surface area contributed by atoms with Crippen LogP contribution in [0.5, 0.6) is 0 Å². The van der Waals surface area contributed by atoms with E-state index in [2.05, 4.69) is 72.0 Å². The van der Waals surface area contributed by atoms with Crippen LogP contribution in [-0.4, -0.2) is 32.4 Å². The molecule has 1 amide bonds. The molecule has 0 atom stereocenters. The molecule has 0 bridgehead atoms. The Morgan fingerprint density at radius 2 is 1.79 bits per heavy atom. The van der Waals surface area contributed by atoms with Gasteiger partial charge >= 0.3 is 0 Å². The molecule has 2 heterocycles. The molecule has 2 aromatic heterocycles. The molecule has 5 heteroatoms. The van der Waals surface area contributed by atoms with E-state index in [0.717, 1.165) is 25.5 Å². The largest absolute Gasteiger partial charge is 0.334 e. The number of fused-ring (bicyclic) bond motifs is 3. The van der Waals surface area contributed by atoms with Gasteiger partial charge in [0.05, 0.1) is 11.1 Å². The van der Waals surface area contributed by atoms with Crippen LogP contribution in [0.3, 0.4) is 0 Å². The summed E-state index contributed by atoms with van der Waals surface area (Å²) in [6.07, 6.45) is 1.73. The highest BCUT2D eigenvalue weighted by Crippen LogP contribution is 2.32. The maximum absolute atomic E-state index is 13.1. The fraction of sp³-hybridized carbons (Fsp3) is 0.368. The average molecular weight is 435 g/mol. The van der Waals surface area contributed by atoms with Gasteiger partial charge in [0.15, 0.2) is 0 Å². The summed E-state index contributed by atoms with van der Waals surface area (Å²) in [7, 11) is 2.02. The molecule has 0 N–H and O–H groups in total. The van der Waals surface area contributed by atoms with Crippen LogP contribution in [0.15, 0.2) is 30.5 Å². The number of pyridine rings is 1. The summed E-state index contributed by atoms with van der Waals surface area (Å²) in [5, 5.41) is 2.20. The lowest BCUT2D eigenvalue weighted by atomic mass is 10.1. The van der Waals surface area contributed by atoms with E-state index >= 15 is 0 Å². The van der Waals surface area contributed by atoms with Crippen LogP contribution in [0, 0.1) is 3.57 Å². The zero-order chi connectivity index (χ0) is 17.6. The van der Waals surface area contributed by atoms with Crippen molar-refractivity contribution in [2.75, 3.05) is 0 Å². The van der Waals surface area contributed by atoms with E-state index in [0.29, 0.717) is 5.56 Å². The molecule has 0 fully saturated rings. The smallest absolute Gasteiger partial charge is 0.256 e.